The summed E-state index contributed by atoms with van der Waals surface area (Å²) in [6, 6.07) is 6.19. The van der Waals surface area contributed by atoms with Crippen molar-refractivity contribution in [3.63, 3.8) is 0 Å². The van der Waals surface area contributed by atoms with Crippen molar-refractivity contribution >= 4 is 17.5 Å². The molecule has 0 saturated heterocycles. The third kappa shape index (κ3) is 4.57. The Bertz CT molecular complexity index is 552. The first-order valence-corrected chi connectivity index (χ1v) is 8.56. The number of amides is 2. The zero-order valence-electron chi connectivity index (χ0n) is 14.6. The van der Waals surface area contributed by atoms with E-state index < -0.39 is 0 Å². The summed E-state index contributed by atoms with van der Waals surface area (Å²) in [6.07, 6.45) is 3.16. The van der Waals surface area contributed by atoms with Gasteiger partial charge in [0.2, 0.25) is 11.8 Å². The van der Waals surface area contributed by atoms with E-state index in [0.29, 0.717) is 0 Å². The van der Waals surface area contributed by atoms with Crippen LogP contribution in [0, 0.1) is 25.7 Å². The molecule has 1 aromatic rings. The second-order valence-corrected chi connectivity index (χ2v) is 6.97. The first-order chi connectivity index (χ1) is 10.9. The van der Waals surface area contributed by atoms with Gasteiger partial charge in [-0.1, -0.05) is 18.2 Å². The quantitative estimate of drug-likeness (QED) is 0.892. The first kappa shape index (κ1) is 17.5. The average Bonchev–Trinajstić information content (AvgIpc) is 2.50. The third-order valence-electron chi connectivity index (χ3n) is 4.63. The van der Waals surface area contributed by atoms with Crippen LogP contribution in [0.3, 0.4) is 0 Å². The largest absolute Gasteiger partial charge is 0.354 e. The van der Waals surface area contributed by atoms with Gasteiger partial charge in [-0.2, -0.15) is 0 Å². The first-order valence-electron chi connectivity index (χ1n) is 8.56. The van der Waals surface area contributed by atoms with Gasteiger partial charge in [0, 0.05) is 23.6 Å². The van der Waals surface area contributed by atoms with Gasteiger partial charge < -0.3 is 10.6 Å². The van der Waals surface area contributed by atoms with Crippen molar-refractivity contribution in [1.82, 2.24) is 5.32 Å². The van der Waals surface area contributed by atoms with Crippen LogP contribution in [-0.2, 0) is 9.59 Å². The predicted octanol–water partition coefficient (Wildman–Crippen LogP) is 3.57. The van der Waals surface area contributed by atoms with E-state index in [1.54, 1.807) is 0 Å². The predicted molar refractivity (Wildman–Crippen MR) is 93.3 cm³/mol. The number of rotatable bonds is 4. The SMILES string of the molecule is Cc1cccc(C)c1NC(=O)C1CCC(C(=O)NC(C)C)CC1. The number of benzene rings is 1. The van der Waals surface area contributed by atoms with Crippen molar-refractivity contribution in [2.45, 2.75) is 59.4 Å². The smallest absolute Gasteiger partial charge is 0.227 e. The molecule has 126 valence electrons. The molecule has 4 nitrogen and oxygen atoms in total. The molecular weight excluding hydrogens is 288 g/mol. The standard InChI is InChI=1S/C19H28N2O2/c1-12(2)20-18(22)15-8-10-16(11-9-15)19(23)21-17-13(3)6-5-7-14(17)4/h5-7,12,15-16H,8-11H2,1-4H3,(H,20,22)(H,21,23). The number of nitrogens with one attached hydrogen (secondary N) is 2. The lowest BCUT2D eigenvalue weighted by molar-refractivity contribution is -0.128. The zero-order valence-corrected chi connectivity index (χ0v) is 14.6. The highest BCUT2D eigenvalue weighted by Crippen LogP contribution is 2.30. The van der Waals surface area contributed by atoms with E-state index in [2.05, 4.69) is 10.6 Å². The van der Waals surface area contributed by atoms with Crippen molar-refractivity contribution in [3.8, 4) is 0 Å². The van der Waals surface area contributed by atoms with Crippen LogP contribution in [0.15, 0.2) is 18.2 Å². The van der Waals surface area contributed by atoms with Gasteiger partial charge in [-0.3, -0.25) is 9.59 Å². The van der Waals surface area contributed by atoms with Gasteiger partial charge in [0.25, 0.3) is 0 Å². The van der Waals surface area contributed by atoms with Crippen molar-refractivity contribution in [2.24, 2.45) is 11.8 Å². The van der Waals surface area contributed by atoms with Crippen molar-refractivity contribution in [2.75, 3.05) is 5.32 Å². The number of hydrogen-bond acceptors (Lipinski definition) is 2. The minimum absolute atomic E-state index is 0.0112. The van der Waals surface area contributed by atoms with Crippen molar-refractivity contribution in [3.05, 3.63) is 29.3 Å². The molecule has 0 aromatic heterocycles. The molecule has 1 saturated carbocycles. The summed E-state index contributed by atoms with van der Waals surface area (Å²) < 4.78 is 0. The summed E-state index contributed by atoms with van der Waals surface area (Å²) >= 11 is 0. The molecule has 2 rings (SSSR count). The van der Waals surface area contributed by atoms with Crippen LogP contribution in [0.2, 0.25) is 0 Å². The van der Waals surface area contributed by atoms with Crippen LogP contribution in [0.25, 0.3) is 0 Å². The van der Waals surface area contributed by atoms with Crippen molar-refractivity contribution in [1.29, 1.82) is 0 Å². The fourth-order valence-electron chi connectivity index (χ4n) is 3.26. The Labute approximate surface area is 139 Å². The Morgan fingerprint density at radius 2 is 1.43 bits per heavy atom. The van der Waals surface area contributed by atoms with E-state index in [4.69, 9.17) is 0 Å². The molecule has 0 heterocycles. The van der Waals surface area contributed by atoms with Crippen LogP contribution in [0.5, 0.6) is 0 Å². The maximum atomic E-state index is 12.5. The maximum Gasteiger partial charge on any atom is 0.227 e. The highest BCUT2D eigenvalue weighted by Gasteiger charge is 2.30. The lowest BCUT2D eigenvalue weighted by Crippen LogP contribution is -2.38. The Balaban J connectivity index is 1.90. The Kier molecular flexibility index (Phi) is 5.80. The van der Waals surface area contributed by atoms with Gasteiger partial charge in [0.15, 0.2) is 0 Å². The Hall–Kier alpha value is -1.84. The van der Waals surface area contributed by atoms with Crippen LogP contribution in [0.4, 0.5) is 5.69 Å². The molecule has 4 heteroatoms. The molecule has 1 aromatic carbocycles. The second-order valence-electron chi connectivity index (χ2n) is 6.97. The van der Waals surface area contributed by atoms with Gasteiger partial charge in [-0.25, -0.2) is 0 Å². The Morgan fingerprint density at radius 1 is 0.957 bits per heavy atom. The molecule has 0 spiro atoms. The minimum Gasteiger partial charge on any atom is -0.354 e. The average molecular weight is 316 g/mol. The zero-order chi connectivity index (χ0) is 17.0. The molecule has 0 radical (unpaired) electrons. The lowest BCUT2D eigenvalue weighted by atomic mass is 9.81. The summed E-state index contributed by atoms with van der Waals surface area (Å²) in [7, 11) is 0. The molecule has 0 bridgehead atoms. The highest BCUT2D eigenvalue weighted by molar-refractivity contribution is 5.94. The molecule has 2 amide bonds. The summed E-state index contributed by atoms with van der Waals surface area (Å²) in [5, 5.41) is 6.06. The highest BCUT2D eigenvalue weighted by atomic mass is 16.2. The number of carbonyl (C=O) groups is 2. The van der Waals surface area contributed by atoms with Gasteiger partial charge in [-0.05, 0) is 64.5 Å². The minimum atomic E-state index is 0.0112. The van der Waals surface area contributed by atoms with E-state index in [1.807, 2.05) is 45.9 Å². The fourth-order valence-corrected chi connectivity index (χ4v) is 3.26. The number of para-hydroxylation sites is 1. The summed E-state index contributed by atoms with van der Waals surface area (Å²) in [4.78, 5) is 24.6. The maximum absolute atomic E-state index is 12.5. The second kappa shape index (κ2) is 7.62. The molecular formula is C19H28N2O2. The van der Waals surface area contributed by atoms with E-state index in [9.17, 15) is 9.59 Å². The number of anilines is 1. The van der Waals surface area contributed by atoms with Crippen LogP contribution in [0.1, 0.15) is 50.7 Å². The molecule has 0 atom stereocenters. The number of aryl methyl sites for hydroxylation is 2. The summed E-state index contributed by atoms with van der Waals surface area (Å²) in [5.41, 5.74) is 3.10. The van der Waals surface area contributed by atoms with E-state index in [0.717, 1.165) is 42.5 Å². The third-order valence-corrected chi connectivity index (χ3v) is 4.63. The summed E-state index contributed by atoms with van der Waals surface area (Å²) in [6.45, 7) is 7.97. The van der Waals surface area contributed by atoms with Gasteiger partial charge in [-0.15, -0.1) is 0 Å². The van der Waals surface area contributed by atoms with Crippen LogP contribution in [-0.4, -0.2) is 17.9 Å². The van der Waals surface area contributed by atoms with E-state index in [-0.39, 0.29) is 29.7 Å². The number of hydrogen-bond donors (Lipinski definition) is 2. The van der Waals surface area contributed by atoms with E-state index in [1.165, 1.54) is 0 Å². The van der Waals surface area contributed by atoms with Gasteiger partial charge in [0.05, 0.1) is 0 Å². The van der Waals surface area contributed by atoms with Crippen LogP contribution < -0.4 is 10.6 Å². The van der Waals surface area contributed by atoms with E-state index >= 15 is 0 Å². The molecule has 1 aliphatic carbocycles. The fraction of sp³-hybridized carbons (Fsp3) is 0.579. The normalized spacial score (nSPS) is 21.1. The Morgan fingerprint density at radius 3 is 1.91 bits per heavy atom. The molecule has 0 unspecified atom stereocenters. The monoisotopic (exact) mass is 316 g/mol. The lowest BCUT2D eigenvalue weighted by Gasteiger charge is -2.28. The number of carbonyl (C=O) groups excluding carboxylic acids is 2. The summed E-state index contributed by atoms with van der Waals surface area (Å²) in [5.74, 6) is 0.289. The van der Waals surface area contributed by atoms with Crippen LogP contribution >= 0.6 is 0 Å². The molecule has 1 fully saturated rings. The molecule has 1 aliphatic rings. The molecule has 0 aliphatic heterocycles. The van der Waals surface area contributed by atoms with Gasteiger partial charge >= 0.3 is 0 Å². The molecule has 23 heavy (non-hydrogen) atoms. The topological polar surface area (TPSA) is 58.2 Å². The van der Waals surface area contributed by atoms with Gasteiger partial charge in [0.1, 0.15) is 0 Å². The molecule has 2 N–H and O–H groups in total. The van der Waals surface area contributed by atoms with Crippen molar-refractivity contribution < 1.29 is 9.59 Å².